The van der Waals surface area contributed by atoms with Gasteiger partial charge in [-0.25, -0.2) is 0 Å². The van der Waals surface area contributed by atoms with Gasteiger partial charge in [-0.3, -0.25) is 9.36 Å². The molecule has 1 amide bonds. The third-order valence-electron chi connectivity index (χ3n) is 5.86. The van der Waals surface area contributed by atoms with Gasteiger partial charge in [0.2, 0.25) is 0 Å². The van der Waals surface area contributed by atoms with E-state index < -0.39 is 7.60 Å². The summed E-state index contributed by atoms with van der Waals surface area (Å²) in [6, 6.07) is 21.5. The Hall–Kier alpha value is -2.92. The van der Waals surface area contributed by atoms with Crippen LogP contribution >= 0.6 is 7.60 Å². The number of hydrogen-bond donors (Lipinski definition) is 2. The van der Waals surface area contributed by atoms with Gasteiger partial charge in [0, 0.05) is 11.3 Å². The van der Waals surface area contributed by atoms with Crippen LogP contribution in [0.3, 0.4) is 0 Å². The van der Waals surface area contributed by atoms with Crippen LogP contribution in [0.5, 0.6) is 5.75 Å². The minimum absolute atomic E-state index is 0.138. The number of anilines is 1. The lowest BCUT2D eigenvalue weighted by atomic mass is 10.0. The Morgan fingerprint density at radius 1 is 0.806 bits per heavy atom. The molecule has 0 radical (unpaired) electrons. The number of carbonyl (C=O) groups is 1. The highest BCUT2D eigenvalue weighted by atomic mass is 31.2. The predicted octanol–water partition coefficient (Wildman–Crippen LogP) is 7.19. The molecule has 3 aromatic carbocycles. The van der Waals surface area contributed by atoms with Crippen molar-refractivity contribution in [3.05, 3.63) is 78.4 Å². The molecular formula is C29H36NO5P. The number of ether oxygens (including phenoxy) is 1. The third-order valence-corrected chi connectivity index (χ3v) is 7.42. The van der Waals surface area contributed by atoms with E-state index in [1.54, 1.807) is 31.2 Å². The number of amides is 1. The molecule has 2 N–H and O–H groups in total. The Kier molecular flexibility index (Phi) is 10.7. The maximum atomic E-state index is 12.6. The van der Waals surface area contributed by atoms with E-state index >= 15 is 0 Å². The standard InChI is InChI=1S/C29H36NO5P/c1-3-5-6-7-8-9-22-34-27-18-14-24(15-19-27)23-10-12-25(13-11-23)29(31)30-26-16-20-28(21-17-26)36(32,33)35-4-2/h10-21H,3-9,22H2,1-2H3,(H,30,31)(H,32,33). The van der Waals surface area contributed by atoms with Gasteiger partial charge in [0.15, 0.2) is 0 Å². The van der Waals surface area contributed by atoms with Crippen molar-refractivity contribution in [2.75, 3.05) is 18.5 Å². The van der Waals surface area contributed by atoms with Crippen LogP contribution in [0, 0.1) is 0 Å². The van der Waals surface area contributed by atoms with E-state index in [0.29, 0.717) is 11.3 Å². The van der Waals surface area contributed by atoms with Crippen LogP contribution in [0.25, 0.3) is 11.1 Å². The van der Waals surface area contributed by atoms with Gasteiger partial charge in [-0.15, -0.1) is 0 Å². The molecule has 0 aromatic heterocycles. The molecule has 1 unspecified atom stereocenters. The molecular weight excluding hydrogens is 473 g/mol. The summed E-state index contributed by atoms with van der Waals surface area (Å²) >= 11 is 0. The molecule has 7 heteroatoms. The van der Waals surface area contributed by atoms with Crippen LogP contribution in [0.15, 0.2) is 72.8 Å². The second-order valence-corrected chi connectivity index (χ2v) is 10.5. The van der Waals surface area contributed by atoms with Crippen molar-refractivity contribution in [2.24, 2.45) is 0 Å². The first-order valence-electron chi connectivity index (χ1n) is 12.7. The largest absolute Gasteiger partial charge is 0.494 e. The van der Waals surface area contributed by atoms with Crippen LogP contribution in [0.4, 0.5) is 5.69 Å². The normalized spacial score (nSPS) is 12.6. The summed E-state index contributed by atoms with van der Waals surface area (Å²) in [5, 5.41) is 2.99. The lowest BCUT2D eigenvalue weighted by molar-refractivity contribution is 0.102. The van der Waals surface area contributed by atoms with Crippen molar-refractivity contribution >= 4 is 24.5 Å². The van der Waals surface area contributed by atoms with E-state index in [9.17, 15) is 14.3 Å². The van der Waals surface area contributed by atoms with Gasteiger partial charge < -0.3 is 19.5 Å². The summed E-state index contributed by atoms with van der Waals surface area (Å²) in [6.45, 7) is 4.76. The monoisotopic (exact) mass is 509 g/mol. The summed E-state index contributed by atoms with van der Waals surface area (Å²) in [4.78, 5) is 22.5. The van der Waals surface area contributed by atoms with E-state index in [1.165, 1.54) is 44.2 Å². The molecule has 0 saturated carbocycles. The summed E-state index contributed by atoms with van der Waals surface area (Å²) < 4.78 is 22.8. The second kappa shape index (κ2) is 14.0. The number of carbonyl (C=O) groups excluding carboxylic acids is 1. The van der Waals surface area contributed by atoms with Crippen molar-refractivity contribution < 1.29 is 23.5 Å². The summed E-state index contributed by atoms with van der Waals surface area (Å²) in [5.41, 5.74) is 3.10. The Balaban J connectivity index is 1.51. The Morgan fingerprint density at radius 3 is 2.00 bits per heavy atom. The van der Waals surface area contributed by atoms with E-state index in [1.807, 2.05) is 36.4 Å². The average molecular weight is 510 g/mol. The molecule has 0 aliphatic rings. The molecule has 3 aromatic rings. The van der Waals surface area contributed by atoms with Gasteiger partial charge in [-0.05, 0) is 73.0 Å². The molecule has 0 aliphatic heterocycles. The van der Waals surface area contributed by atoms with Gasteiger partial charge >= 0.3 is 7.60 Å². The molecule has 0 spiro atoms. The van der Waals surface area contributed by atoms with E-state index in [0.717, 1.165) is 29.9 Å². The zero-order chi connectivity index (χ0) is 25.8. The fourth-order valence-electron chi connectivity index (χ4n) is 3.82. The van der Waals surface area contributed by atoms with Crippen LogP contribution in [-0.4, -0.2) is 24.0 Å². The molecule has 0 fully saturated rings. The highest BCUT2D eigenvalue weighted by Crippen LogP contribution is 2.40. The lowest BCUT2D eigenvalue weighted by Crippen LogP contribution is -2.13. The molecule has 0 aliphatic carbocycles. The quantitative estimate of drug-likeness (QED) is 0.177. The zero-order valence-corrected chi connectivity index (χ0v) is 22.0. The number of nitrogens with one attached hydrogen (secondary N) is 1. The minimum atomic E-state index is -3.83. The van der Waals surface area contributed by atoms with Gasteiger partial charge in [-0.2, -0.15) is 0 Å². The average Bonchev–Trinajstić information content (AvgIpc) is 2.89. The molecule has 3 rings (SSSR count). The van der Waals surface area contributed by atoms with Crippen molar-refractivity contribution in [1.29, 1.82) is 0 Å². The zero-order valence-electron chi connectivity index (χ0n) is 21.1. The molecule has 0 saturated heterocycles. The minimum Gasteiger partial charge on any atom is -0.494 e. The topological polar surface area (TPSA) is 84.9 Å². The Morgan fingerprint density at radius 2 is 1.39 bits per heavy atom. The van der Waals surface area contributed by atoms with Crippen LogP contribution in [0.1, 0.15) is 62.7 Å². The maximum absolute atomic E-state index is 12.6. The molecule has 6 nitrogen and oxygen atoms in total. The maximum Gasteiger partial charge on any atom is 0.358 e. The number of rotatable bonds is 14. The van der Waals surface area contributed by atoms with Gasteiger partial charge in [0.05, 0.1) is 18.5 Å². The first kappa shape index (κ1) is 27.7. The van der Waals surface area contributed by atoms with E-state index in [4.69, 9.17) is 9.26 Å². The fourth-order valence-corrected chi connectivity index (χ4v) is 4.84. The summed E-state index contributed by atoms with van der Waals surface area (Å²) in [5.74, 6) is 0.609. The third kappa shape index (κ3) is 8.34. The van der Waals surface area contributed by atoms with E-state index in [2.05, 4.69) is 12.2 Å². The molecule has 36 heavy (non-hydrogen) atoms. The molecule has 0 bridgehead atoms. The van der Waals surface area contributed by atoms with Crippen molar-refractivity contribution in [2.45, 2.75) is 52.4 Å². The summed E-state index contributed by atoms with van der Waals surface area (Å²) in [7, 11) is -3.83. The molecule has 192 valence electrons. The van der Waals surface area contributed by atoms with Crippen LogP contribution in [0.2, 0.25) is 0 Å². The Labute approximate surface area is 214 Å². The fraction of sp³-hybridized carbons (Fsp3) is 0.345. The van der Waals surface area contributed by atoms with Crippen molar-refractivity contribution in [3.63, 3.8) is 0 Å². The molecule has 1 atom stereocenters. The van der Waals surface area contributed by atoms with Crippen LogP contribution < -0.4 is 15.4 Å². The number of benzene rings is 3. The lowest BCUT2D eigenvalue weighted by Gasteiger charge is -2.12. The van der Waals surface area contributed by atoms with Gasteiger partial charge in [0.1, 0.15) is 5.75 Å². The van der Waals surface area contributed by atoms with Gasteiger partial charge in [0.25, 0.3) is 5.91 Å². The number of unbranched alkanes of at least 4 members (excludes halogenated alkanes) is 5. The van der Waals surface area contributed by atoms with Crippen LogP contribution in [-0.2, 0) is 9.09 Å². The van der Waals surface area contributed by atoms with Crippen molar-refractivity contribution in [3.8, 4) is 16.9 Å². The first-order chi connectivity index (χ1) is 17.4. The Bertz CT molecular complexity index is 1130. The van der Waals surface area contributed by atoms with E-state index in [-0.39, 0.29) is 17.8 Å². The highest BCUT2D eigenvalue weighted by Gasteiger charge is 2.21. The molecule has 0 heterocycles. The van der Waals surface area contributed by atoms with Crippen molar-refractivity contribution in [1.82, 2.24) is 0 Å². The first-order valence-corrected chi connectivity index (χ1v) is 14.2. The smallest absolute Gasteiger partial charge is 0.358 e. The summed E-state index contributed by atoms with van der Waals surface area (Å²) in [6.07, 6.45) is 7.45. The predicted molar refractivity (Wildman–Crippen MR) is 146 cm³/mol. The highest BCUT2D eigenvalue weighted by molar-refractivity contribution is 7.61. The number of hydrogen-bond acceptors (Lipinski definition) is 4. The SMILES string of the molecule is CCCCCCCCOc1ccc(-c2ccc(C(=O)Nc3ccc(P(=O)(O)OCC)cc3)cc2)cc1. The van der Waals surface area contributed by atoms with Gasteiger partial charge in [-0.1, -0.05) is 63.3 Å². The second-order valence-electron chi connectivity index (χ2n) is 8.66.